The minimum absolute atomic E-state index is 0.346. The highest BCUT2D eigenvalue weighted by Crippen LogP contribution is 2.26. The first-order valence-electron chi connectivity index (χ1n) is 4.87. The van der Waals surface area contributed by atoms with Crippen LogP contribution >= 0.6 is 0 Å². The fraction of sp³-hybridized carbons (Fsp3) is 0.167. The smallest absolute Gasteiger partial charge is 0.150 e. The molecule has 4 heteroatoms. The molecule has 0 fully saturated rings. The summed E-state index contributed by atoms with van der Waals surface area (Å²) in [5.74, 6) is -0.346. The molecule has 1 aromatic carbocycles. The number of halogens is 1. The molecule has 1 aromatic heterocycles. The summed E-state index contributed by atoms with van der Waals surface area (Å²) in [6.07, 6.45) is 2.30. The lowest BCUT2D eigenvalue weighted by Gasteiger charge is -2.03. The second-order valence-electron chi connectivity index (χ2n) is 3.62. The van der Waals surface area contributed by atoms with Gasteiger partial charge in [-0.1, -0.05) is 0 Å². The van der Waals surface area contributed by atoms with E-state index in [4.69, 9.17) is 0 Å². The Bertz CT molecular complexity index is 546. The zero-order valence-corrected chi connectivity index (χ0v) is 9.07. The highest BCUT2D eigenvalue weighted by atomic mass is 19.1. The van der Waals surface area contributed by atoms with Gasteiger partial charge in [0.2, 0.25) is 0 Å². The van der Waals surface area contributed by atoms with E-state index >= 15 is 0 Å². The quantitative estimate of drug-likeness (QED) is 0.725. The maximum Gasteiger partial charge on any atom is 0.150 e. The molecule has 0 unspecified atom stereocenters. The number of hydrogen-bond donors (Lipinski definition) is 0. The Kier molecular flexibility index (Phi) is 2.56. The molecular formula is C12H11FN2O. The lowest BCUT2D eigenvalue weighted by atomic mass is 10.0. The topological polar surface area (TPSA) is 34.9 Å². The van der Waals surface area contributed by atoms with Crippen LogP contribution in [0.15, 0.2) is 24.4 Å². The van der Waals surface area contributed by atoms with Crippen molar-refractivity contribution in [1.82, 2.24) is 9.78 Å². The lowest BCUT2D eigenvalue weighted by molar-refractivity contribution is 0.112. The van der Waals surface area contributed by atoms with E-state index in [0.29, 0.717) is 23.0 Å². The van der Waals surface area contributed by atoms with E-state index < -0.39 is 0 Å². The van der Waals surface area contributed by atoms with Crippen molar-refractivity contribution in [3.63, 3.8) is 0 Å². The Labute approximate surface area is 92.5 Å². The predicted octanol–water partition coefficient (Wildman–Crippen LogP) is 2.35. The molecule has 2 rings (SSSR count). The number of benzene rings is 1. The zero-order chi connectivity index (χ0) is 11.7. The Balaban J connectivity index is 2.63. The van der Waals surface area contributed by atoms with E-state index in [1.54, 1.807) is 17.9 Å². The van der Waals surface area contributed by atoms with Crippen molar-refractivity contribution in [2.75, 3.05) is 0 Å². The summed E-state index contributed by atoms with van der Waals surface area (Å²) in [5, 5.41) is 4.05. The second kappa shape index (κ2) is 3.89. The first-order valence-corrected chi connectivity index (χ1v) is 4.87. The number of carbonyl (C=O) groups is 1. The van der Waals surface area contributed by atoms with Gasteiger partial charge >= 0.3 is 0 Å². The van der Waals surface area contributed by atoms with Crippen LogP contribution in [0.3, 0.4) is 0 Å². The monoisotopic (exact) mass is 218 g/mol. The Morgan fingerprint density at radius 1 is 1.38 bits per heavy atom. The van der Waals surface area contributed by atoms with E-state index in [9.17, 15) is 9.18 Å². The van der Waals surface area contributed by atoms with Gasteiger partial charge in [-0.25, -0.2) is 4.39 Å². The molecule has 1 heterocycles. The van der Waals surface area contributed by atoms with Gasteiger partial charge in [0, 0.05) is 29.4 Å². The average Bonchev–Trinajstić information content (AvgIpc) is 2.61. The minimum atomic E-state index is -0.346. The van der Waals surface area contributed by atoms with Crippen LogP contribution in [-0.2, 0) is 7.05 Å². The lowest BCUT2D eigenvalue weighted by Crippen LogP contribution is -1.94. The van der Waals surface area contributed by atoms with Crippen LogP contribution in [0.5, 0.6) is 0 Å². The number of rotatable bonds is 2. The van der Waals surface area contributed by atoms with Gasteiger partial charge in [0.15, 0.2) is 0 Å². The van der Waals surface area contributed by atoms with Crippen molar-refractivity contribution in [3.05, 3.63) is 41.5 Å². The molecule has 0 aliphatic carbocycles. The van der Waals surface area contributed by atoms with Gasteiger partial charge in [-0.15, -0.1) is 0 Å². The third kappa shape index (κ3) is 1.62. The summed E-state index contributed by atoms with van der Waals surface area (Å²) in [4.78, 5) is 10.6. The maximum atomic E-state index is 13.6. The Hall–Kier alpha value is -1.97. The number of aromatic nitrogens is 2. The minimum Gasteiger partial charge on any atom is -0.298 e. The van der Waals surface area contributed by atoms with E-state index in [1.807, 2.05) is 6.92 Å². The number of aldehydes is 1. The first kappa shape index (κ1) is 10.5. The standard InChI is InChI=1S/C12H11FN2O/c1-8-11(6-14-15(8)2)10-5-9(7-16)3-4-12(10)13/h3-7H,1-2H3. The van der Waals surface area contributed by atoms with Crippen molar-refractivity contribution in [1.29, 1.82) is 0 Å². The number of aryl methyl sites for hydroxylation is 1. The Morgan fingerprint density at radius 3 is 2.69 bits per heavy atom. The molecule has 0 spiro atoms. The fourth-order valence-electron chi connectivity index (χ4n) is 1.59. The van der Waals surface area contributed by atoms with Crippen molar-refractivity contribution in [2.24, 2.45) is 7.05 Å². The van der Waals surface area contributed by atoms with Crippen LogP contribution in [0.4, 0.5) is 4.39 Å². The highest BCUT2D eigenvalue weighted by molar-refractivity contribution is 5.79. The molecule has 3 nitrogen and oxygen atoms in total. The number of nitrogens with zero attached hydrogens (tertiary/aromatic N) is 2. The van der Waals surface area contributed by atoms with Crippen molar-refractivity contribution in [3.8, 4) is 11.1 Å². The molecule has 2 aromatic rings. The number of carbonyl (C=O) groups excluding carboxylic acids is 1. The largest absolute Gasteiger partial charge is 0.298 e. The first-order chi connectivity index (χ1) is 7.63. The molecule has 0 radical (unpaired) electrons. The van der Waals surface area contributed by atoms with E-state index in [1.165, 1.54) is 18.2 Å². The van der Waals surface area contributed by atoms with Crippen molar-refractivity contribution in [2.45, 2.75) is 6.92 Å². The second-order valence-corrected chi connectivity index (χ2v) is 3.62. The van der Waals surface area contributed by atoms with E-state index in [-0.39, 0.29) is 5.82 Å². The third-order valence-corrected chi connectivity index (χ3v) is 2.65. The maximum absolute atomic E-state index is 13.6. The molecule has 16 heavy (non-hydrogen) atoms. The van der Waals surface area contributed by atoms with E-state index in [2.05, 4.69) is 5.10 Å². The average molecular weight is 218 g/mol. The zero-order valence-electron chi connectivity index (χ0n) is 9.07. The van der Waals surface area contributed by atoms with Gasteiger partial charge in [0.05, 0.1) is 6.20 Å². The van der Waals surface area contributed by atoms with Crippen LogP contribution in [-0.4, -0.2) is 16.1 Å². The molecule has 0 N–H and O–H groups in total. The van der Waals surface area contributed by atoms with Crippen molar-refractivity contribution < 1.29 is 9.18 Å². The van der Waals surface area contributed by atoms with Crippen LogP contribution in [0.25, 0.3) is 11.1 Å². The molecular weight excluding hydrogens is 207 g/mol. The molecule has 0 aliphatic rings. The summed E-state index contributed by atoms with van der Waals surface area (Å²) in [6, 6.07) is 4.29. The third-order valence-electron chi connectivity index (χ3n) is 2.65. The van der Waals surface area contributed by atoms with Gasteiger partial charge < -0.3 is 0 Å². The summed E-state index contributed by atoms with van der Waals surface area (Å²) in [6.45, 7) is 1.86. The van der Waals surface area contributed by atoms with Gasteiger partial charge in [-0.3, -0.25) is 9.48 Å². The molecule has 0 saturated carbocycles. The molecule has 0 atom stereocenters. The summed E-state index contributed by atoms with van der Waals surface area (Å²) >= 11 is 0. The molecule has 82 valence electrons. The molecule has 0 bridgehead atoms. The highest BCUT2D eigenvalue weighted by Gasteiger charge is 2.11. The summed E-state index contributed by atoms with van der Waals surface area (Å²) < 4.78 is 15.3. The predicted molar refractivity (Wildman–Crippen MR) is 58.7 cm³/mol. The SMILES string of the molecule is Cc1c(-c2cc(C=O)ccc2F)cnn1C. The Morgan fingerprint density at radius 2 is 2.12 bits per heavy atom. The molecule has 0 aliphatic heterocycles. The normalized spacial score (nSPS) is 10.4. The van der Waals surface area contributed by atoms with Crippen LogP contribution in [0.1, 0.15) is 16.1 Å². The van der Waals surface area contributed by atoms with E-state index in [0.717, 1.165) is 5.69 Å². The summed E-state index contributed by atoms with van der Waals surface area (Å²) in [5.41, 5.74) is 2.44. The van der Waals surface area contributed by atoms with Crippen LogP contribution in [0, 0.1) is 12.7 Å². The van der Waals surface area contributed by atoms with Gasteiger partial charge in [0.1, 0.15) is 12.1 Å². The van der Waals surface area contributed by atoms with Crippen molar-refractivity contribution >= 4 is 6.29 Å². The molecule has 0 amide bonds. The van der Waals surface area contributed by atoms with Gasteiger partial charge in [0.25, 0.3) is 0 Å². The fourth-order valence-corrected chi connectivity index (χ4v) is 1.59. The summed E-state index contributed by atoms with van der Waals surface area (Å²) in [7, 11) is 1.79. The van der Waals surface area contributed by atoms with Crippen LogP contribution < -0.4 is 0 Å². The van der Waals surface area contributed by atoms with Crippen LogP contribution in [0.2, 0.25) is 0 Å². The molecule has 0 saturated heterocycles. The van der Waals surface area contributed by atoms with Gasteiger partial charge in [-0.2, -0.15) is 5.10 Å². The van der Waals surface area contributed by atoms with Gasteiger partial charge in [-0.05, 0) is 25.1 Å². The number of hydrogen-bond acceptors (Lipinski definition) is 2.